The molecular weight excluding hydrogens is 362 g/mol. The Balaban J connectivity index is 2.32. The maximum Gasteiger partial charge on any atom is 0.238 e. The van der Waals surface area contributed by atoms with E-state index in [1.54, 1.807) is 0 Å². The van der Waals surface area contributed by atoms with Crippen molar-refractivity contribution in [2.75, 3.05) is 6.26 Å². The second-order valence-corrected chi connectivity index (χ2v) is 9.39. The van der Waals surface area contributed by atoms with Crippen molar-refractivity contribution in [3.63, 3.8) is 0 Å². The van der Waals surface area contributed by atoms with Gasteiger partial charge in [-0.05, 0) is 18.2 Å². The largest absolute Gasteiger partial charge is 0.238 e. The minimum Gasteiger partial charge on any atom is -0.229 e. The summed E-state index contributed by atoms with van der Waals surface area (Å²) in [5.74, 6) is -0.274. The van der Waals surface area contributed by atoms with Gasteiger partial charge in [-0.1, -0.05) is 11.3 Å². The smallest absolute Gasteiger partial charge is 0.229 e. The molecule has 1 aromatic carbocycles. The molecule has 0 atom stereocenters. The van der Waals surface area contributed by atoms with Gasteiger partial charge in [-0.2, -0.15) is 5.10 Å². The lowest BCUT2D eigenvalue weighted by Gasteiger charge is -2.00. The van der Waals surface area contributed by atoms with Gasteiger partial charge in [0.2, 0.25) is 15.2 Å². The molecule has 0 aliphatic heterocycles. The molecule has 2 N–H and O–H groups in total. The highest BCUT2D eigenvalue weighted by Gasteiger charge is 2.19. The van der Waals surface area contributed by atoms with E-state index in [-0.39, 0.29) is 10.6 Å². The number of rotatable bonds is 4. The molecule has 0 aliphatic rings. The fourth-order valence-electron chi connectivity index (χ4n) is 2.10. The third-order valence-corrected chi connectivity index (χ3v) is 5.36. The summed E-state index contributed by atoms with van der Waals surface area (Å²) in [7, 11) is -7.21. The molecule has 3 rings (SSSR count). The summed E-state index contributed by atoms with van der Waals surface area (Å²) < 4.78 is 47.6. The minimum absolute atomic E-state index is 0.0958. The monoisotopic (exact) mass is 373 g/mol. The van der Waals surface area contributed by atoms with Gasteiger partial charge in [-0.15, -0.1) is 10.2 Å². The molecule has 0 aliphatic carbocycles. The zero-order chi connectivity index (χ0) is 16.8. The molecule has 23 heavy (non-hydrogen) atoms. The van der Waals surface area contributed by atoms with E-state index < -0.39 is 19.9 Å². The van der Waals surface area contributed by atoms with Crippen LogP contribution < -0.4 is 5.14 Å². The van der Waals surface area contributed by atoms with Crippen LogP contribution in [0.2, 0.25) is 0 Å². The Hall–Kier alpha value is -1.89. The van der Waals surface area contributed by atoms with Crippen molar-refractivity contribution in [3.05, 3.63) is 29.4 Å². The number of hydrogen-bond acceptors (Lipinski definition) is 8. The first-order valence-corrected chi connectivity index (χ1v) is 10.6. The van der Waals surface area contributed by atoms with Crippen LogP contribution in [0, 0.1) is 0 Å². The van der Waals surface area contributed by atoms with Crippen molar-refractivity contribution in [1.82, 2.24) is 20.0 Å². The van der Waals surface area contributed by atoms with E-state index in [9.17, 15) is 16.8 Å². The molecule has 12 heteroatoms. The summed E-state index contributed by atoms with van der Waals surface area (Å²) in [4.78, 5) is -0.0958. The van der Waals surface area contributed by atoms with Gasteiger partial charge in [-0.25, -0.2) is 26.7 Å². The molecule has 0 saturated carbocycles. The van der Waals surface area contributed by atoms with Gasteiger partial charge in [0.25, 0.3) is 0 Å². The average Bonchev–Trinajstić information content (AvgIpc) is 3.03. The molecule has 0 amide bonds. The van der Waals surface area contributed by atoms with Crippen molar-refractivity contribution in [2.24, 2.45) is 5.14 Å². The van der Waals surface area contributed by atoms with Crippen molar-refractivity contribution in [1.29, 1.82) is 0 Å². The van der Waals surface area contributed by atoms with Crippen LogP contribution in [-0.4, -0.2) is 43.1 Å². The van der Waals surface area contributed by atoms with E-state index >= 15 is 0 Å². The van der Waals surface area contributed by atoms with E-state index in [0.29, 0.717) is 21.7 Å². The van der Waals surface area contributed by atoms with Crippen molar-refractivity contribution >= 4 is 42.1 Å². The zero-order valence-electron chi connectivity index (χ0n) is 11.7. The summed E-state index contributed by atoms with van der Waals surface area (Å²) >= 11 is 1.18. The van der Waals surface area contributed by atoms with Crippen molar-refractivity contribution < 1.29 is 16.8 Å². The molecule has 0 spiro atoms. The molecule has 0 bridgehead atoms. The Morgan fingerprint density at radius 3 is 2.57 bits per heavy atom. The molecule has 0 saturated heterocycles. The molecule has 0 fully saturated rings. The van der Waals surface area contributed by atoms with Crippen LogP contribution in [0.1, 0.15) is 5.69 Å². The van der Waals surface area contributed by atoms with E-state index in [2.05, 4.69) is 15.3 Å². The van der Waals surface area contributed by atoms with Gasteiger partial charge in [0.1, 0.15) is 5.51 Å². The fraction of sp³-hybridized carbons (Fsp3) is 0.182. The minimum atomic E-state index is -3.90. The van der Waals surface area contributed by atoms with Gasteiger partial charge in [0, 0.05) is 11.6 Å². The highest BCUT2D eigenvalue weighted by Crippen LogP contribution is 2.26. The van der Waals surface area contributed by atoms with Crippen molar-refractivity contribution in [3.8, 4) is 5.13 Å². The van der Waals surface area contributed by atoms with E-state index in [1.807, 2.05) is 0 Å². The second-order valence-electron chi connectivity index (χ2n) is 4.87. The number of hydrogen-bond donors (Lipinski definition) is 1. The molecule has 9 nitrogen and oxygen atoms in total. The van der Waals surface area contributed by atoms with E-state index in [4.69, 9.17) is 5.14 Å². The molecule has 122 valence electrons. The Bertz CT molecular complexity index is 1080. The van der Waals surface area contributed by atoms with Gasteiger partial charge in [0.15, 0.2) is 9.84 Å². The van der Waals surface area contributed by atoms with Crippen LogP contribution in [0.5, 0.6) is 0 Å². The molecule has 2 aromatic heterocycles. The van der Waals surface area contributed by atoms with Gasteiger partial charge in [0.05, 0.1) is 21.9 Å². The van der Waals surface area contributed by atoms with Crippen LogP contribution in [-0.2, 0) is 25.6 Å². The molecular formula is C11H11N5O4S3. The Morgan fingerprint density at radius 2 is 2.00 bits per heavy atom. The van der Waals surface area contributed by atoms with Crippen LogP contribution in [0.25, 0.3) is 16.0 Å². The summed E-state index contributed by atoms with van der Waals surface area (Å²) in [6.07, 6.45) is 1.10. The summed E-state index contributed by atoms with van der Waals surface area (Å²) in [5.41, 5.74) is 2.19. The van der Waals surface area contributed by atoms with Gasteiger partial charge >= 0.3 is 0 Å². The zero-order valence-corrected chi connectivity index (χ0v) is 14.2. The Morgan fingerprint density at radius 1 is 1.26 bits per heavy atom. The summed E-state index contributed by atoms with van der Waals surface area (Å²) in [6.45, 7) is 0. The first kappa shape index (κ1) is 16.0. The highest BCUT2D eigenvalue weighted by atomic mass is 32.2. The predicted octanol–water partition coefficient (Wildman–Crippen LogP) is 0.0690. The maximum absolute atomic E-state index is 11.6. The Kier molecular flexibility index (Phi) is 3.71. The molecule has 0 unspecified atom stereocenters. The van der Waals surface area contributed by atoms with E-state index in [0.717, 1.165) is 6.26 Å². The van der Waals surface area contributed by atoms with Gasteiger partial charge < -0.3 is 0 Å². The lowest BCUT2D eigenvalue weighted by Crippen LogP contribution is -2.12. The number of benzene rings is 1. The third-order valence-electron chi connectivity index (χ3n) is 2.99. The van der Waals surface area contributed by atoms with Crippen LogP contribution >= 0.6 is 11.3 Å². The maximum atomic E-state index is 11.6. The first-order valence-electron chi connectivity index (χ1n) is 6.14. The first-order chi connectivity index (χ1) is 10.6. The van der Waals surface area contributed by atoms with Crippen LogP contribution in [0.4, 0.5) is 0 Å². The number of fused-ring (bicyclic) bond motifs is 1. The number of sulfonamides is 1. The summed E-state index contributed by atoms with van der Waals surface area (Å²) in [5, 5.41) is 17.9. The SMILES string of the molecule is CS(=O)(=O)Cc1nn(-c2nncs2)c2cc(S(N)(=O)=O)ccc12. The summed E-state index contributed by atoms with van der Waals surface area (Å²) in [6, 6.07) is 4.14. The van der Waals surface area contributed by atoms with Crippen LogP contribution in [0.3, 0.4) is 0 Å². The standard InChI is InChI=1S/C11H11N5O4S3/c1-22(17,18)5-9-8-3-2-7(23(12,19)20)4-10(8)16(15-9)11-14-13-6-21-11/h2-4,6H,5H2,1H3,(H2,12,19,20). The second kappa shape index (κ2) is 5.33. The Labute approximate surface area is 135 Å². The average molecular weight is 373 g/mol. The van der Waals surface area contributed by atoms with Gasteiger partial charge in [-0.3, -0.25) is 0 Å². The van der Waals surface area contributed by atoms with E-state index in [1.165, 1.54) is 39.7 Å². The molecule has 2 heterocycles. The molecule has 0 radical (unpaired) electrons. The number of nitrogens with zero attached hydrogens (tertiary/aromatic N) is 4. The number of sulfone groups is 1. The third kappa shape index (κ3) is 3.24. The lowest BCUT2D eigenvalue weighted by atomic mass is 10.2. The predicted molar refractivity (Wildman–Crippen MR) is 84.5 cm³/mol. The van der Waals surface area contributed by atoms with Crippen molar-refractivity contribution in [2.45, 2.75) is 10.6 Å². The van der Waals surface area contributed by atoms with Crippen LogP contribution in [0.15, 0.2) is 28.6 Å². The number of aromatic nitrogens is 4. The fourth-order valence-corrected chi connectivity index (χ4v) is 3.86. The quantitative estimate of drug-likeness (QED) is 0.683. The number of primary sulfonamides is 1. The topological polar surface area (TPSA) is 138 Å². The molecule has 3 aromatic rings. The number of nitrogens with two attached hydrogens (primary N) is 1. The normalized spacial score (nSPS) is 12.8. The highest BCUT2D eigenvalue weighted by molar-refractivity contribution is 7.90. The lowest BCUT2D eigenvalue weighted by molar-refractivity contribution is 0.597.